The lowest BCUT2D eigenvalue weighted by Gasteiger charge is -2.28. The number of allylic oxidation sites excluding steroid dienone is 3. The summed E-state index contributed by atoms with van der Waals surface area (Å²) in [5.41, 5.74) is 0.796. The molecule has 0 aliphatic heterocycles. The van der Waals surface area contributed by atoms with Crippen LogP contribution in [0.2, 0.25) is 0 Å². The third kappa shape index (κ3) is 5.46. The van der Waals surface area contributed by atoms with E-state index in [9.17, 15) is 22.0 Å². The molecule has 3 aromatic carbocycles. The second-order valence-electron chi connectivity index (χ2n) is 8.17. The maximum Gasteiger partial charge on any atom is 0.342 e. The molecule has 5 heteroatoms. The molecule has 3 rings (SSSR count). The number of alkyl halides is 4. The fourth-order valence-corrected chi connectivity index (χ4v) is 3.74. The van der Waals surface area contributed by atoms with Crippen LogP contribution >= 0.6 is 0 Å². The minimum atomic E-state index is -4.72. The molecule has 0 bridgehead atoms. The topological polar surface area (TPSA) is 0 Å². The molecule has 0 fully saturated rings. The average Bonchev–Trinajstić information content (AvgIpc) is 2.83. The highest BCUT2D eigenvalue weighted by molar-refractivity contribution is 5.64. The second kappa shape index (κ2) is 10.8. The standard InChI is InChI=1S/C29H27F5/c1-3-5-7-9-22-12-19-26(27(30)20-22)29(33,34)28(31,32)25-17-15-24(16-18-25)23-13-10-21(11-14-23)8-6-4-2/h3-5,10-20H,2,6-9H2,1H3/b5-3+. The number of aryl methyl sites for hydroxylation is 2. The molecule has 0 aliphatic rings. The minimum Gasteiger partial charge on any atom is -0.206 e. The summed E-state index contributed by atoms with van der Waals surface area (Å²) in [6.07, 6.45) is 8.23. The summed E-state index contributed by atoms with van der Waals surface area (Å²) in [4.78, 5) is 0. The first-order valence-corrected chi connectivity index (χ1v) is 11.2. The molecule has 0 saturated heterocycles. The van der Waals surface area contributed by atoms with Crippen LogP contribution in [0.15, 0.2) is 91.5 Å². The first-order valence-electron chi connectivity index (χ1n) is 11.2. The van der Waals surface area contributed by atoms with Crippen LogP contribution < -0.4 is 0 Å². The van der Waals surface area contributed by atoms with Gasteiger partial charge in [-0.3, -0.25) is 0 Å². The summed E-state index contributed by atoms with van der Waals surface area (Å²) < 4.78 is 74.1. The van der Waals surface area contributed by atoms with E-state index in [0.717, 1.165) is 48.2 Å². The highest BCUT2D eigenvalue weighted by atomic mass is 19.3. The van der Waals surface area contributed by atoms with Gasteiger partial charge >= 0.3 is 11.8 Å². The third-order valence-electron chi connectivity index (χ3n) is 5.77. The SMILES string of the molecule is C=CCCc1ccc(-c2ccc(C(F)(F)C(F)(F)c3ccc(CC/C=C/C)cc3F)cc2)cc1. The van der Waals surface area contributed by atoms with Crippen molar-refractivity contribution in [2.24, 2.45) is 0 Å². The summed E-state index contributed by atoms with van der Waals surface area (Å²) in [5.74, 6) is -10.6. The zero-order valence-electron chi connectivity index (χ0n) is 19.0. The normalized spacial score (nSPS) is 12.3. The smallest absolute Gasteiger partial charge is 0.206 e. The summed E-state index contributed by atoms with van der Waals surface area (Å²) in [5, 5.41) is 0. The molecule has 0 unspecified atom stereocenters. The number of hydrogen-bond acceptors (Lipinski definition) is 0. The third-order valence-corrected chi connectivity index (χ3v) is 5.77. The van der Waals surface area contributed by atoms with Crippen molar-refractivity contribution in [1.82, 2.24) is 0 Å². The predicted octanol–water partition coefficient (Wildman–Crippen LogP) is 9.00. The van der Waals surface area contributed by atoms with Crippen molar-refractivity contribution in [3.05, 3.63) is 120 Å². The Morgan fingerprint density at radius 3 is 1.85 bits per heavy atom. The number of rotatable bonds is 10. The van der Waals surface area contributed by atoms with Gasteiger partial charge in [-0.2, -0.15) is 17.6 Å². The van der Waals surface area contributed by atoms with Gasteiger partial charge in [0.15, 0.2) is 0 Å². The molecule has 0 saturated carbocycles. The van der Waals surface area contributed by atoms with E-state index in [-0.39, 0.29) is 0 Å². The van der Waals surface area contributed by atoms with Crippen molar-refractivity contribution in [2.75, 3.05) is 0 Å². The van der Waals surface area contributed by atoms with Gasteiger partial charge in [-0.05, 0) is 67.0 Å². The van der Waals surface area contributed by atoms with Crippen molar-refractivity contribution in [3.8, 4) is 11.1 Å². The molecule has 0 aliphatic carbocycles. The molecule has 0 heterocycles. The Hall–Kier alpha value is -3.21. The van der Waals surface area contributed by atoms with E-state index in [2.05, 4.69) is 6.58 Å². The summed E-state index contributed by atoms with van der Waals surface area (Å²) in [6.45, 7) is 5.52. The first kappa shape index (κ1) is 25.4. The van der Waals surface area contributed by atoms with E-state index in [4.69, 9.17) is 0 Å². The van der Waals surface area contributed by atoms with Gasteiger partial charge in [0, 0.05) is 5.56 Å². The van der Waals surface area contributed by atoms with Crippen LogP contribution in [0.3, 0.4) is 0 Å². The Morgan fingerprint density at radius 1 is 0.735 bits per heavy atom. The van der Waals surface area contributed by atoms with Crippen molar-refractivity contribution in [3.63, 3.8) is 0 Å². The zero-order valence-corrected chi connectivity index (χ0v) is 19.0. The van der Waals surface area contributed by atoms with Crippen LogP contribution in [0.25, 0.3) is 11.1 Å². The number of halogens is 5. The molecule has 0 radical (unpaired) electrons. The van der Waals surface area contributed by atoms with Gasteiger partial charge in [0.25, 0.3) is 0 Å². The molecule has 0 amide bonds. The van der Waals surface area contributed by atoms with Gasteiger partial charge in [0.05, 0.1) is 5.56 Å². The van der Waals surface area contributed by atoms with Crippen LogP contribution in [0.4, 0.5) is 22.0 Å². The van der Waals surface area contributed by atoms with Gasteiger partial charge in [-0.15, -0.1) is 6.58 Å². The second-order valence-corrected chi connectivity index (χ2v) is 8.17. The van der Waals surface area contributed by atoms with E-state index >= 15 is 0 Å². The monoisotopic (exact) mass is 470 g/mol. The molecular formula is C29H27F5. The maximum atomic E-state index is 14.9. The molecule has 3 aromatic rings. The van der Waals surface area contributed by atoms with E-state index in [1.807, 2.05) is 49.4 Å². The molecule has 0 spiro atoms. The van der Waals surface area contributed by atoms with Crippen LogP contribution in [0.1, 0.15) is 42.0 Å². The Balaban J connectivity index is 1.82. The average molecular weight is 471 g/mol. The molecule has 178 valence electrons. The van der Waals surface area contributed by atoms with Crippen LogP contribution in [0.5, 0.6) is 0 Å². The lowest BCUT2D eigenvalue weighted by molar-refractivity contribution is -0.225. The van der Waals surface area contributed by atoms with Crippen molar-refractivity contribution < 1.29 is 22.0 Å². The molecule has 0 N–H and O–H groups in total. The minimum absolute atomic E-state index is 0.431. The zero-order chi connectivity index (χ0) is 24.8. The summed E-state index contributed by atoms with van der Waals surface area (Å²) in [6, 6.07) is 15.2. The quantitative estimate of drug-likeness (QED) is 0.205. The Morgan fingerprint density at radius 2 is 1.29 bits per heavy atom. The van der Waals surface area contributed by atoms with E-state index in [0.29, 0.717) is 24.0 Å². The van der Waals surface area contributed by atoms with Crippen LogP contribution in [-0.4, -0.2) is 0 Å². The number of hydrogen-bond donors (Lipinski definition) is 0. The Kier molecular flexibility index (Phi) is 8.08. The lowest BCUT2D eigenvalue weighted by Crippen LogP contribution is -2.36. The highest BCUT2D eigenvalue weighted by Crippen LogP contribution is 2.50. The highest BCUT2D eigenvalue weighted by Gasteiger charge is 2.59. The van der Waals surface area contributed by atoms with Crippen molar-refractivity contribution in [1.29, 1.82) is 0 Å². The number of benzene rings is 3. The first-order chi connectivity index (χ1) is 16.2. The van der Waals surface area contributed by atoms with Gasteiger partial charge in [0.2, 0.25) is 0 Å². The van der Waals surface area contributed by atoms with Crippen molar-refractivity contribution >= 4 is 0 Å². The van der Waals surface area contributed by atoms with Gasteiger partial charge < -0.3 is 0 Å². The molecule has 0 atom stereocenters. The lowest BCUT2D eigenvalue weighted by atomic mass is 9.93. The summed E-state index contributed by atoms with van der Waals surface area (Å²) >= 11 is 0. The fraction of sp³-hybridized carbons (Fsp3) is 0.241. The van der Waals surface area contributed by atoms with Crippen molar-refractivity contribution in [2.45, 2.75) is 44.5 Å². The summed E-state index contributed by atoms with van der Waals surface area (Å²) in [7, 11) is 0. The van der Waals surface area contributed by atoms with Gasteiger partial charge in [0.1, 0.15) is 5.82 Å². The Bertz CT molecular complexity index is 1130. The molecule has 0 nitrogen and oxygen atoms in total. The predicted molar refractivity (Wildman–Crippen MR) is 128 cm³/mol. The van der Waals surface area contributed by atoms with E-state index in [1.54, 1.807) is 0 Å². The molecule has 34 heavy (non-hydrogen) atoms. The van der Waals surface area contributed by atoms with E-state index in [1.165, 1.54) is 18.2 Å². The maximum absolute atomic E-state index is 14.9. The molecule has 0 aromatic heterocycles. The van der Waals surface area contributed by atoms with Crippen LogP contribution in [-0.2, 0) is 24.7 Å². The molecular weight excluding hydrogens is 443 g/mol. The Labute approximate surface area is 197 Å². The largest absolute Gasteiger partial charge is 0.342 e. The van der Waals surface area contributed by atoms with Crippen LogP contribution in [0, 0.1) is 5.82 Å². The fourth-order valence-electron chi connectivity index (χ4n) is 3.74. The van der Waals surface area contributed by atoms with Gasteiger partial charge in [-0.25, -0.2) is 4.39 Å². The van der Waals surface area contributed by atoms with Gasteiger partial charge in [-0.1, -0.05) is 72.8 Å². The van der Waals surface area contributed by atoms with E-state index < -0.39 is 28.8 Å².